The second-order valence-electron chi connectivity index (χ2n) is 5.70. The van der Waals surface area contributed by atoms with Crippen LogP contribution < -0.4 is 10.1 Å². The number of hydrogen-bond acceptors (Lipinski definition) is 4. The molecule has 2 rings (SSSR count). The molecule has 0 saturated heterocycles. The van der Waals surface area contributed by atoms with Crippen molar-refractivity contribution in [3.8, 4) is 5.75 Å². The predicted molar refractivity (Wildman–Crippen MR) is 96.5 cm³/mol. The third-order valence-corrected chi connectivity index (χ3v) is 3.62. The Kier molecular flexibility index (Phi) is 7.01. The summed E-state index contributed by atoms with van der Waals surface area (Å²) in [6, 6.07) is 16.8. The number of amides is 1. The molecular formula is C20H23NO4. The number of hydrogen-bond donors (Lipinski definition) is 1. The van der Waals surface area contributed by atoms with E-state index in [0.717, 1.165) is 11.3 Å². The van der Waals surface area contributed by atoms with Crippen LogP contribution in [-0.4, -0.2) is 24.6 Å². The average molecular weight is 341 g/mol. The summed E-state index contributed by atoms with van der Waals surface area (Å²) in [5.41, 5.74) is 1.67. The van der Waals surface area contributed by atoms with Gasteiger partial charge >= 0.3 is 5.97 Å². The van der Waals surface area contributed by atoms with E-state index < -0.39 is 12.1 Å². The smallest absolute Gasteiger partial charge is 0.306 e. The van der Waals surface area contributed by atoms with Gasteiger partial charge in [0.15, 0.2) is 6.10 Å². The van der Waals surface area contributed by atoms with Gasteiger partial charge < -0.3 is 14.8 Å². The molecule has 1 amide bonds. The topological polar surface area (TPSA) is 64.6 Å². The maximum atomic E-state index is 12.1. The molecule has 2 aromatic carbocycles. The van der Waals surface area contributed by atoms with Gasteiger partial charge in [-0.15, -0.1) is 0 Å². The summed E-state index contributed by atoms with van der Waals surface area (Å²) in [5, 5.41) is 2.76. The van der Waals surface area contributed by atoms with E-state index >= 15 is 0 Å². The van der Waals surface area contributed by atoms with Gasteiger partial charge in [-0.2, -0.15) is 0 Å². The van der Waals surface area contributed by atoms with Crippen molar-refractivity contribution in [2.45, 2.75) is 32.8 Å². The minimum Gasteiger partial charge on any atom is -0.494 e. The van der Waals surface area contributed by atoms with E-state index in [1.165, 1.54) is 0 Å². The van der Waals surface area contributed by atoms with Crippen LogP contribution in [0.15, 0.2) is 54.6 Å². The first kappa shape index (κ1) is 18.5. The summed E-state index contributed by atoms with van der Waals surface area (Å²) in [7, 11) is 0. The van der Waals surface area contributed by atoms with Gasteiger partial charge in [0.05, 0.1) is 6.61 Å². The minimum atomic E-state index is -0.845. The first-order chi connectivity index (χ1) is 12.1. The molecule has 0 bridgehead atoms. The second kappa shape index (κ2) is 9.47. The van der Waals surface area contributed by atoms with Crippen LogP contribution in [0.1, 0.15) is 25.3 Å². The number of rotatable bonds is 8. The van der Waals surface area contributed by atoms with Gasteiger partial charge in [-0.25, -0.2) is 0 Å². The molecule has 5 heteroatoms. The van der Waals surface area contributed by atoms with Gasteiger partial charge in [0.25, 0.3) is 5.91 Å². The molecule has 0 aliphatic rings. The van der Waals surface area contributed by atoms with Gasteiger partial charge in [0, 0.05) is 12.1 Å². The quantitative estimate of drug-likeness (QED) is 0.587. The number of ether oxygens (including phenoxy) is 2. The molecule has 1 N–H and O–H groups in total. The van der Waals surface area contributed by atoms with E-state index in [9.17, 15) is 9.59 Å². The van der Waals surface area contributed by atoms with Crippen molar-refractivity contribution < 1.29 is 19.1 Å². The normalized spacial score (nSPS) is 11.4. The molecule has 1 unspecified atom stereocenters. The van der Waals surface area contributed by atoms with Gasteiger partial charge in [-0.3, -0.25) is 9.59 Å². The van der Waals surface area contributed by atoms with Crippen LogP contribution in [0.25, 0.3) is 0 Å². The molecule has 0 aliphatic heterocycles. The molecule has 25 heavy (non-hydrogen) atoms. The van der Waals surface area contributed by atoms with Crippen molar-refractivity contribution >= 4 is 17.6 Å². The van der Waals surface area contributed by atoms with Crippen LogP contribution >= 0.6 is 0 Å². The van der Waals surface area contributed by atoms with Crippen LogP contribution in [0.2, 0.25) is 0 Å². The highest BCUT2D eigenvalue weighted by Gasteiger charge is 2.18. The standard InChI is InChI=1S/C20H23NO4/c1-15-9-6-7-12-18(15)21-20(23)16(2)25-19(22)13-8-14-24-17-10-4-3-5-11-17/h3-7,9-12,16H,8,13-14H2,1-2H3,(H,21,23). The lowest BCUT2D eigenvalue weighted by Crippen LogP contribution is -2.30. The van der Waals surface area contributed by atoms with E-state index in [0.29, 0.717) is 18.7 Å². The average Bonchev–Trinajstić information content (AvgIpc) is 2.61. The van der Waals surface area contributed by atoms with Crippen LogP contribution in [0.4, 0.5) is 5.69 Å². The number of benzene rings is 2. The molecule has 0 fully saturated rings. The van der Waals surface area contributed by atoms with Crippen LogP contribution in [0.3, 0.4) is 0 Å². The summed E-state index contributed by atoms with van der Waals surface area (Å²) in [4.78, 5) is 23.9. The lowest BCUT2D eigenvalue weighted by atomic mass is 10.2. The zero-order valence-electron chi connectivity index (χ0n) is 14.5. The number of para-hydroxylation sites is 2. The van der Waals surface area contributed by atoms with Gasteiger partial charge in [0.2, 0.25) is 0 Å². The number of nitrogens with one attached hydrogen (secondary N) is 1. The summed E-state index contributed by atoms with van der Waals surface area (Å²) >= 11 is 0. The molecule has 0 radical (unpaired) electrons. The Balaban J connectivity index is 1.68. The number of carbonyl (C=O) groups excluding carboxylic acids is 2. The molecule has 5 nitrogen and oxygen atoms in total. The third-order valence-electron chi connectivity index (χ3n) is 3.62. The molecule has 0 saturated carbocycles. The van der Waals surface area contributed by atoms with E-state index in [1.807, 2.05) is 61.5 Å². The minimum absolute atomic E-state index is 0.203. The summed E-state index contributed by atoms with van der Waals surface area (Å²) in [6.07, 6.45) is -0.114. The molecule has 0 aliphatic carbocycles. The number of esters is 1. The van der Waals surface area contributed by atoms with Gasteiger partial charge in [-0.05, 0) is 44.0 Å². The Labute approximate surface area is 148 Å². The number of carbonyl (C=O) groups is 2. The van der Waals surface area contributed by atoms with Crippen molar-refractivity contribution in [2.24, 2.45) is 0 Å². The summed E-state index contributed by atoms with van der Waals surface area (Å²) < 4.78 is 10.7. The Hall–Kier alpha value is -2.82. The Morgan fingerprint density at radius 1 is 1.04 bits per heavy atom. The molecular weight excluding hydrogens is 318 g/mol. The first-order valence-electron chi connectivity index (χ1n) is 8.30. The fourth-order valence-electron chi connectivity index (χ4n) is 2.18. The van der Waals surface area contributed by atoms with Crippen LogP contribution in [0, 0.1) is 6.92 Å². The second-order valence-corrected chi connectivity index (χ2v) is 5.70. The monoisotopic (exact) mass is 341 g/mol. The summed E-state index contributed by atoms with van der Waals surface area (Å²) in [6.45, 7) is 3.88. The van der Waals surface area contributed by atoms with Crippen molar-refractivity contribution in [3.05, 3.63) is 60.2 Å². The molecule has 0 spiro atoms. The fraction of sp³-hybridized carbons (Fsp3) is 0.300. The van der Waals surface area contributed by atoms with Gasteiger partial charge in [-0.1, -0.05) is 36.4 Å². The van der Waals surface area contributed by atoms with Gasteiger partial charge in [0.1, 0.15) is 5.75 Å². The van der Waals surface area contributed by atoms with Crippen LogP contribution in [-0.2, 0) is 14.3 Å². The molecule has 132 valence electrons. The maximum absolute atomic E-state index is 12.1. The Bertz CT molecular complexity index is 700. The molecule has 0 heterocycles. The van der Waals surface area contributed by atoms with Crippen molar-refractivity contribution in [1.82, 2.24) is 0 Å². The highest BCUT2D eigenvalue weighted by atomic mass is 16.5. The predicted octanol–water partition coefficient (Wildman–Crippen LogP) is 3.72. The molecule has 0 aromatic heterocycles. The highest BCUT2D eigenvalue weighted by Crippen LogP contribution is 2.14. The maximum Gasteiger partial charge on any atom is 0.306 e. The highest BCUT2D eigenvalue weighted by molar-refractivity contribution is 5.95. The van der Waals surface area contributed by atoms with E-state index in [4.69, 9.17) is 9.47 Å². The number of aryl methyl sites for hydroxylation is 1. The molecule has 2 aromatic rings. The first-order valence-corrected chi connectivity index (χ1v) is 8.30. The van der Waals surface area contributed by atoms with E-state index in [1.54, 1.807) is 6.92 Å². The zero-order valence-corrected chi connectivity index (χ0v) is 14.5. The zero-order chi connectivity index (χ0) is 18.1. The van der Waals surface area contributed by atoms with Crippen molar-refractivity contribution in [2.75, 3.05) is 11.9 Å². The van der Waals surface area contributed by atoms with Crippen LogP contribution in [0.5, 0.6) is 5.75 Å². The van der Waals surface area contributed by atoms with E-state index in [-0.39, 0.29) is 12.3 Å². The molecule has 1 atom stereocenters. The third kappa shape index (κ3) is 6.30. The fourth-order valence-corrected chi connectivity index (χ4v) is 2.18. The Morgan fingerprint density at radius 2 is 1.72 bits per heavy atom. The van der Waals surface area contributed by atoms with Crippen molar-refractivity contribution in [1.29, 1.82) is 0 Å². The Morgan fingerprint density at radius 3 is 2.44 bits per heavy atom. The van der Waals surface area contributed by atoms with E-state index in [2.05, 4.69) is 5.32 Å². The largest absolute Gasteiger partial charge is 0.494 e. The van der Waals surface area contributed by atoms with Crippen molar-refractivity contribution in [3.63, 3.8) is 0 Å². The summed E-state index contributed by atoms with van der Waals surface area (Å²) in [5.74, 6) is 0.00845. The lowest BCUT2D eigenvalue weighted by Gasteiger charge is -2.14. The number of anilines is 1. The SMILES string of the molecule is Cc1ccccc1NC(=O)C(C)OC(=O)CCCOc1ccccc1. The lowest BCUT2D eigenvalue weighted by molar-refractivity contribution is -0.153.